The maximum absolute atomic E-state index is 11.9. The average molecular weight is 257 g/mol. The van der Waals surface area contributed by atoms with Crippen molar-refractivity contribution in [1.82, 2.24) is 9.80 Å². The normalized spacial score (nSPS) is 18.4. The van der Waals surface area contributed by atoms with E-state index in [0.29, 0.717) is 6.54 Å². The van der Waals surface area contributed by atoms with Gasteiger partial charge in [0.25, 0.3) is 0 Å². The highest BCUT2D eigenvalue weighted by atomic mass is 16.5. The van der Waals surface area contributed by atoms with E-state index in [9.17, 15) is 4.79 Å². The molecule has 1 fully saturated rings. The lowest BCUT2D eigenvalue weighted by molar-refractivity contribution is -0.140. The number of rotatable bonds is 5. The van der Waals surface area contributed by atoms with E-state index < -0.39 is 0 Å². The molecule has 5 nitrogen and oxygen atoms in total. The Morgan fingerprint density at radius 1 is 1.28 bits per heavy atom. The molecule has 1 aliphatic heterocycles. The molecule has 0 aliphatic carbocycles. The number of hydrogen-bond acceptors (Lipinski definition) is 4. The summed E-state index contributed by atoms with van der Waals surface area (Å²) < 4.78 is 5.35. The van der Waals surface area contributed by atoms with Crippen molar-refractivity contribution in [1.29, 1.82) is 0 Å². The van der Waals surface area contributed by atoms with E-state index in [1.54, 1.807) is 0 Å². The van der Waals surface area contributed by atoms with Crippen LogP contribution in [0.15, 0.2) is 0 Å². The predicted octanol–water partition coefficient (Wildman–Crippen LogP) is 0.293. The molecule has 1 amide bonds. The van der Waals surface area contributed by atoms with Crippen LogP contribution in [0.3, 0.4) is 0 Å². The quantitative estimate of drug-likeness (QED) is 0.769. The highest BCUT2D eigenvalue weighted by molar-refractivity contribution is 5.77. The van der Waals surface area contributed by atoms with Gasteiger partial charge in [0.15, 0.2) is 0 Å². The monoisotopic (exact) mass is 257 g/mol. The van der Waals surface area contributed by atoms with Crippen LogP contribution in [0.1, 0.15) is 27.7 Å². The standard InChI is InChI=1S/C13H27N3O2/c1-11(2)18-9-12(17)15-5-7-16(8-6-15)13(3,4)10-14/h11H,5-10,14H2,1-4H3. The molecule has 1 aliphatic rings. The van der Waals surface area contributed by atoms with Gasteiger partial charge >= 0.3 is 0 Å². The topological polar surface area (TPSA) is 58.8 Å². The molecule has 106 valence electrons. The number of amides is 1. The molecular formula is C13H27N3O2. The molecule has 0 unspecified atom stereocenters. The Kier molecular flexibility index (Phi) is 5.56. The maximum atomic E-state index is 11.9. The summed E-state index contributed by atoms with van der Waals surface area (Å²) in [5.74, 6) is 0.0916. The first-order valence-corrected chi connectivity index (χ1v) is 6.71. The molecule has 1 saturated heterocycles. The molecule has 5 heteroatoms. The van der Waals surface area contributed by atoms with Gasteiger partial charge in [0.05, 0.1) is 6.10 Å². The third-order valence-corrected chi connectivity index (χ3v) is 3.53. The summed E-state index contributed by atoms with van der Waals surface area (Å²) in [6.45, 7) is 12.3. The van der Waals surface area contributed by atoms with Crippen molar-refractivity contribution in [2.75, 3.05) is 39.3 Å². The fourth-order valence-corrected chi connectivity index (χ4v) is 2.02. The van der Waals surface area contributed by atoms with Gasteiger partial charge in [0.2, 0.25) is 5.91 Å². The van der Waals surface area contributed by atoms with Gasteiger partial charge in [-0.15, -0.1) is 0 Å². The Morgan fingerprint density at radius 3 is 2.28 bits per heavy atom. The van der Waals surface area contributed by atoms with Crippen molar-refractivity contribution in [2.24, 2.45) is 5.73 Å². The van der Waals surface area contributed by atoms with Crippen molar-refractivity contribution in [3.8, 4) is 0 Å². The summed E-state index contributed by atoms with van der Waals surface area (Å²) in [7, 11) is 0. The fourth-order valence-electron chi connectivity index (χ4n) is 2.02. The van der Waals surface area contributed by atoms with Gasteiger partial charge in [-0.3, -0.25) is 9.69 Å². The lowest BCUT2D eigenvalue weighted by Crippen LogP contribution is -2.58. The van der Waals surface area contributed by atoms with Gasteiger partial charge < -0.3 is 15.4 Å². The molecule has 1 rings (SSSR count). The Bertz CT molecular complexity index is 271. The van der Waals surface area contributed by atoms with Gasteiger partial charge in [-0.2, -0.15) is 0 Å². The van der Waals surface area contributed by atoms with Crippen LogP contribution in [-0.4, -0.2) is 66.7 Å². The zero-order chi connectivity index (χ0) is 13.8. The third kappa shape index (κ3) is 4.23. The molecule has 0 aromatic carbocycles. The third-order valence-electron chi connectivity index (χ3n) is 3.53. The molecule has 18 heavy (non-hydrogen) atoms. The highest BCUT2D eigenvalue weighted by Gasteiger charge is 2.29. The SMILES string of the molecule is CC(C)OCC(=O)N1CCN(C(C)(C)CN)CC1. The van der Waals surface area contributed by atoms with Crippen LogP contribution in [0.2, 0.25) is 0 Å². The van der Waals surface area contributed by atoms with Gasteiger partial charge in [0.1, 0.15) is 6.61 Å². The molecule has 0 saturated carbocycles. The second-order valence-corrected chi connectivity index (χ2v) is 5.74. The molecule has 1 heterocycles. The van der Waals surface area contributed by atoms with Crippen molar-refractivity contribution in [2.45, 2.75) is 39.3 Å². The van der Waals surface area contributed by atoms with Crippen LogP contribution in [0.4, 0.5) is 0 Å². The molecule has 0 radical (unpaired) electrons. The van der Waals surface area contributed by atoms with Crippen molar-refractivity contribution < 1.29 is 9.53 Å². The number of ether oxygens (including phenoxy) is 1. The van der Waals surface area contributed by atoms with E-state index in [1.165, 1.54) is 0 Å². The minimum absolute atomic E-state index is 0.0174. The van der Waals surface area contributed by atoms with Gasteiger partial charge in [-0.1, -0.05) is 0 Å². The number of nitrogens with two attached hydrogens (primary N) is 1. The molecule has 0 aromatic heterocycles. The van der Waals surface area contributed by atoms with Crippen molar-refractivity contribution in [3.63, 3.8) is 0 Å². The Morgan fingerprint density at radius 2 is 1.83 bits per heavy atom. The van der Waals surface area contributed by atoms with Crippen molar-refractivity contribution >= 4 is 5.91 Å². The second-order valence-electron chi connectivity index (χ2n) is 5.74. The van der Waals surface area contributed by atoms with Gasteiger partial charge in [-0.05, 0) is 27.7 Å². The molecule has 0 aromatic rings. The zero-order valence-corrected chi connectivity index (χ0v) is 12.1. The van der Waals surface area contributed by atoms with Crippen LogP contribution in [0.5, 0.6) is 0 Å². The van der Waals surface area contributed by atoms with Crippen LogP contribution >= 0.6 is 0 Å². The maximum Gasteiger partial charge on any atom is 0.248 e. The number of piperazine rings is 1. The Hall–Kier alpha value is -0.650. The average Bonchev–Trinajstić information content (AvgIpc) is 2.36. The van der Waals surface area contributed by atoms with Crippen LogP contribution in [0, 0.1) is 0 Å². The Balaban J connectivity index is 2.37. The molecule has 0 spiro atoms. The van der Waals surface area contributed by atoms with E-state index in [0.717, 1.165) is 26.2 Å². The second kappa shape index (κ2) is 6.50. The summed E-state index contributed by atoms with van der Waals surface area (Å²) in [6, 6.07) is 0. The fraction of sp³-hybridized carbons (Fsp3) is 0.923. The molecule has 2 N–H and O–H groups in total. The minimum Gasteiger partial charge on any atom is -0.369 e. The summed E-state index contributed by atoms with van der Waals surface area (Å²) in [5, 5.41) is 0. The molecular weight excluding hydrogens is 230 g/mol. The molecule has 0 atom stereocenters. The smallest absolute Gasteiger partial charge is 0.248 e. The lowest BCUT2D eigenvalue weighted by atomic mass is 10.0. The zero-order valence-electron chi connectivity index (χ0n) is 12.1. The summed E-state index contributed by atoms with van der Waals surface area (Å²) in [6.07, 6.45) is 0.103. The highest BCUT2D eigenvalue weighted by Crippen LogP contribution is 2.15. The number of carbonyl (C=O) groups excluding carboxylic acids is 1. The van der Waals surface area contributed by atoms with E-state index in [-0.39, 0.29) is 24.2 Å². The Labute approximate surface area is 110 Å². The van der Waals surface area contributed by atoms with E-state index in [2.05, 4.69) is 18.7 Å². The number of nitrogens with zero attached hydrogens (tertiary/aromatic N) is 2. The van der Waals surface area contributed by atoms with Crippen LogP contribution in [-0.2, 0) is 9.53 Å². The van der Waals surface area contributed by atoms with Crippen molar-refractivity contribution in [3.05, 3.63) is 0 Å². The lowest BCUT2D eigenvalue weighted by Gasteiger charge is -2.43. The van der Waals surface area contributed by atoms with Crippen LogP contribution < -0.4 is 5.73 Å². The number of carbonyl (C=O) groups is 1. The summed E-state index contributed by atoms with van der Waals surface area (Å²) in [5.41, 5.74) is 5.79. The van der Waals surface area contributed by atoms with Gasteiger partial charge in [-0.25, -0.2) is 0 Å². The summed E-state index contributed by atoms with van der Waals surface area (Å²) in [4.78, 5) is 16.1. The summed E-state index contributed by atoms with van der Waals surface area (Å²) >= 11 is 0. The molecule has 0 bridgehead atoms. The first-order chi connectivity index (χ1) is 8.36. The first kappa shape index (κ1) is 15.4. The van der Waals surface area contributed by atoms with Gasteiger partial charge in [0, 0.05) is 38.3 Å². The first-order valence-electron chi connectivity index (χ1n) is 6.71. The number of hydrogen-bond donors (Lipinski definition) is 1. The minimum atomic E-state index is 0.0174. The predicted molar refractivity (Wildman–Crippen MR) is 72.4 cm³/mol. The van der Waals surface area contributed by atoms with E-state index in [1.807, 2.05) is 18.7 Å². The van der Waals surface area contributed by atoms with E-state index in [4.69, 9.17) is 10.5 Å². The van der Waals surface area contributed by atoms with E-state index >= 15 is 0 Å². The van der Waals surface area contributed by atoms with Crippen LogP contribution in [0.25, 0.3) is 0 Å². The largest absolute Gasteiger partial charge is 0.369 e.